The maximum atomic E-state index is 12.0. The second-order valence-corrected chi connectivity index (χ2v) is 5.56. The zero-order valence-electron chi connectivity index (χ0n) is 14.1. The highest BCUT2D eigenvalue weighted by atomic mass is 16.3. The maximum Gasteiger partial charge on any atom is 0.335 e. The van der Waals surface area contributed by atoms with E-state index in [0.717, 1.165) is 29.2 Å². The van der Waals surface area contributed by atoms with Gasteiger partial charge in [-0.25, -0.2) is 14.8 Å². The summed E-state index contributed by atoms with van der Waals surface area (Å²) in [4.78, 5) is 37.6. The Kier molecular flexibility index (Phi) is 5.89. The molecule has 1 aromatic heterocycles. The van der Waals surface area contributed by atoms with Gasteiger partial charge in [0.25, 0.3) is 5.56 Å². The fraction of sp³-hybridized carbons (Fsp3) is 0.294. The average Bonchev–Trinajstić information content (AvgIpc) is 2.57. The number of aromatic amines is 1. The summed E-state index contributed by atoms with van der Waals surface area (Å²) in [6.45, 7) is 3.85. The summed E-state index contributed by atoms with van der Waals surface area (Å²) in [5, 5.41) is 14.0. The Hall–Kier alpha value is -3.16. The van der Waals surface area contributed by atoms with E-state index in [0.29, 0.717) is 12.1 Å². The molecule has 0 saturated carbocycles. The first-order valence-electron chi connectivity index (χ1n) is 7.91. The number of unbranched alkanes of at least 4 members (excludes halogenated alkanes) is 1. The summed E-state index contributed by atoms with van der Waals surface area (Å²) < 4.78 is 0.959. The lowest BCUT2D eigenvalue weighted by Crippen LogP contribution is -2.31. The number of hydrogen-bond acceptors (Lipinski definition) is 5. The number of H-pyrrole nitrogens is 1. The molecule has 8 nitrogen and oxygen atoms in total. The van der Waals surface area contributed by atoms with Gasteiger partial charge >= 0.3 is 5.69 Å². The van der Waals surface area contributed by atoms with Gasteiger partial charge in [0, 0.05) is 6.42 Å². The van der Waals surface area contributed by atoms with Gasteiger partial charge in [-0.15, -0.1) is 0 Å². The van der Waals surface area contributed by atoms with Gasteiger partial charge in [0.05, 0.1) is 11.9 Å². The number of nitrogens with zero attached hydrogens (tertiary/aromatic N) is 2. The van der Waals surface area contributed by atoms with Crippen LogP contribution in [-0.4, -0.2) is 26.8 Å². The van der Waals surface area contributed by atoms with Crippen LogP contribution in [0.1, 0.15) is 37.3 Å². The van der Waals surface area contributed by atoms with Crippen molar-refractivity contribution in [3.8, 4) is 11.6 Å². The van der Waals surface area contributed by atoms with Gasteiger partial charge < -0.3 is 5.11 Å². The number of aromatic hydroxyl groups is 1. The van der Waals surface area contributed by atoms with Gasteiger partial charge in [0.1, 0.15) is 5.56 Å². The van der Waals surface area contributed by atoms with E-state index in [2.05, 4.69) is 15.5 Å². The molecule has 0 aliphatic carbocycles. The number of carbonyl (C=O) groups excluding carboxylic acids is 1. The van der Waals surface area contributed by atoms with Crippen molar-refractivity contribution in [1.82, 2.24) is 15.0 Å². The predicted molar refractivity (Wildman–Crippen MR) is 94.3 cm³/mol. The Balaban J connectivity index is 2.35. The lowest BCUT2D eigenvalue weighted by atomic mass is 10.2. The fourth-order valence-electron chi connectivity index (χ4n) is 2.15. The number of carbonyl (C=O) groups is 1. The average molecular weight is 344 g/mol. The number of hydrazone groups is 1. The first kappa shape index (κ1) is 18.2. The molecule has 8 heteroatoms. The highest BCUT2D eigenvalue weighted by molar-refractivity contribution is 5.84. The summed E-state index contributed by atoms with van der Waals surface area (Å²) in [7, 11) is 0. The molecule has 0 unspecified atom stereocenters. The molecule has 0 saturated heterocycles. The first-order valence-corrected chi connectivity index (χ1v) is 7.91. The van der Waals surface area contributed by atoms with Crippen LogP contribution in [0, 0.1) is 6.92 Å². The third-order valence-electron chi connectivity index (χ3n) is 3.55. The zero-order valence-corrected chi connectivity index (χ0v) is 14.1. The normalized spacial score (nSPS) is 11.0. The van der Waals surface area contributed by atoms with Gasteiger partial charge in [-0.3, -0.25) is 14.6 Å². The fourth-order valence-corrected chi connectivity index (χ4v) is 2.15. The molecule has 0 radical (unpaired) electrons. The van der Waals surface area contributed by atoms with Gasteiger partial charge in [-0.1, -0.05) is 31.0 Å². The quantitative estimate of drug-likeness (QED) is 0.539. The van der Waals surface area contributed by atoms with Crippen LogP contribution in [0.15, 0.2) is 39.0 Å². The monoisotopic (exact) mass is 344 g/mol. The number of aryl methyl sites for hydroxylation is 1. The van der Waals surface area contributed by atoms with Crippen LogP contribution in [0.2, 0.25) is 0 Å². The van der Waals surface area contributed by atoms with Gasteiger partial charge in [-0.05, 0) is 25.5 Å². The van der Waals surface area contributed by atoms with E-state index >= 15 is 0 Å². The molecule has 0 bridgehead atoms. The van der Waals surface area contributed by atoms with E-state index < -0.39 is 17.1 Å². The minimum absolute atomic E-state index is 0.226. The lowest BCUT2D eigenvalue weighted by molar-refractivity contribution is -0.121. The smallest absolute Gasteiger partial charge is 0.335 e. The maximum absolute atomic E-state index is 12.0. The standard InChI is InChI=1S/C17H20N4O4/c1-3-4-5-14(22)20-18-10-13-15(23)19-17(25)21(16(13)24)12-8-6-11(2)7-9-12/h6-10,24H,3-5H2,1-2H3,(H,20,22)(H,19,23,25)/b18-10-. The summed E-state index contributed by atoms with van der Waals surface area (Å²) in [5.41, 5.74) is 1.87. The van der Waals surface area contributed by atoms with Crippen LogP contribution in [0.5, 0.6) is 5.88 Å². The van der Waals surface area contributed by atoms with E-state index in [4.69, 9.17) is 0 Å². The molecular formula is C17H20N4O4. The number of aromatic nitrogens is 2. The molecule has 132 valence electrons. The largest absolute Gasteiger partial charge is 0.493 e. The van der Waals surface area contributed by atoms with Crippen molar-refractivity contribution in [2.45, 2.75) is 33.1 Å². The molecule has 25 heavy (non-hydrogen) atoms. The van der Waals surface area contributed by atoms with Crippen LogP contribution in [0.4, 0.5) is 0 Å². The third kappa shape index (κ3) is 4.43. The summed E-state index contributed by atoms with van der Waals surface area (Å²) in [6, 6.07) is 6.83. The summed E-state index contributed by atoms with van der Waals surface area (Å²) >= 11 is 0. The second-order valence-electron chi connectivity index (χ2n) is 5.56. The van der Waals surface area contributed by atoms with Crippen LogP contribution in [0.25, 0.3) is 5.69 Å². The zero-order chi connectivity index (χ0) is 18.4. The molecule has 3 N–H and O–H groups in total. The molecule has 1 heterocycles. The first-order chi connectivity index (χ1) is 11.9. The highest BCUT2D eigenvalue weighted by Crippen LogP contribution is 2.15. The Bertz CT molecular complexity index is 894. The van der Waals surface area contributed by atoms with Crippen molar-refractivity contribution in [3.05, 3.63) is 56.2 Å². The van der Waals surface area contributed by atoms with Crippen LogP contribution in [-0.2, 0) is 4.79 Å². The van der Waals surface area contributed by atoms with Crippen molar-refractivity contribution < 1.29 is 9.90 Å². The Morgan fingerprint density at radius 2 is 2.00 bits per heavy atom. The minimum atomic E-state index is -0.794. The van der Waals surface area contributed by atoms with E-state index in [9.17, 15) is 19.5 Å². The molecule has 0 spiro atoms. The lowest BCUT2D eigenvalue weighted by Gasteiger charge is -2.09. The minimum Gasteiger partial charge on any atom is -0.493 e. The number of nitrogens with one attached hydrogen (secondary N) is 2. The number of amides is 1. The van der Waals surface area contributed by atoms with Crippen LogP contribution in [0.3, 0.4) is 0 Å². The number of benzene rings is 1. The number of rotatable bonds is 6. The molecule has 2 aromatic rings. The van der Waals surface area contributed by atoms with Gasteiger partial charge in [-0.2, -0.15) is 5.10 Å². The van der Waals surface area contributed by atoms with Crippen molar-refractivity contribution in [2.24, 2.45) is 5.10 Å². The molecular weight excluding hydrogens is 324 g/mol. The van der Waals surface area contributed by atoms with E-state index in [1.807, 2.05) is 13.8 Å². The van der Waals surface area contributed by atoms with Crippen molar-refractivity contribution >= 4 is 12.1 Å². The SMILES string of the molecule is CCCCC(=O)N/N=C\c1c(O)n(-c2ccc(C)cc2)c(=O)[nH]c1=O. The topological polar surface area (TPSA) is 117 Å². The number of hydrogen-bond donors (Lipinski definition) is 3. The molecule has 2 rings (SSSR count). The van der Waals surface area contributed by atoms with Crippen molar-refractivity contribution in [1.29, 1.82) is 0 Å². The van der Waals surface area contributed by atoms with E-state index in [1.54, 1.807) is 24.3 Å². The molecule has 1 amide bonds. The second kappa shape index (κ2) is 8.09. The van der Waals surface area contributed by atoms with Crippen molar-refractivity contribution in [3.63, 3.8) is 0 Å². The molecule has 0 fully saturated rings. The Morgan fingerprint density at radius 3 is 2.64 bits per heavy atom. The third-order valence-corrected chi connectivity index (χ3v) is 3.55. The van der Waals surface area contributed by atoms with Crippen LogP contribution >= 0.6 is 0 Å². The molecule has 0 aliphatic heterocycles. The predicted octanol–water partition coefficient (Wildman–Crippen LogP) is 1.18. The summed E-state index contributed by atoms with van der Waals surface area (Å²) in [6.07, 6.45) is 2.94. The van der Waals surface area contributed by atoms with E-state index in [1.165, 1.54) is 0 Å². The van der Waals surface area contributed by atoms with Crippen molar-refractivity contribution in [2.75, 3.05) is 0 Å². The Labute approximate surface area is 143 Å². The molecule has 1 aromatic carbocycles. The highest BCUT2D eigenvalue weighted by Gasteiger charge is 2.14. The van der Waals surface area contributed by atoms with E-state index in [-0.39, 0.29) is 11.5 Å². The van der Waals surface area contributed by atoms with Gasteiger partial charge in [0.2, 0.25) is 11.8 Å². The molecule has 0 aliphatic rings. The van der Waals surface area contributed by atoms with Crippen LogP contribution < -0.4 is 16.7 Å². The van der Waals surface area contributed by atoms with Gasteiger partial charge in [0.15, 0.2) is 0 Å². The Morgan fingerprint density at radius 1 is 1.32 bits per heavy atom. The summed E-state index contributed by atoms with van der Waals surface area (Å²) in [5.74, 6) is -0.843. The molecule has 0 atom stereocenters.